The second-order valence-electron chi connectivity index (χ2n) is 2.93. The number of aliphatic hydroxyl groups excluding tert-OH is 1. The van der Waals surface area contributed by atoms with Crippen LogP contribution in [0.5, 0.6) is 0 Å². The number of primary amides is 1. The largest absolute Gasteiger partial charge is 0.393 e. The molecule has 0 aromatic carbocycles. The van der Waals surface area contributed by atoms with Crippen molar-refractivity contribution in [1.29, 1.82) is 0 Å². The Labute approximate surface area is 72.7 Å². The van der Waals surface area contributed by atoms with E-state index in [4.69, 9.17) is 10.8 Å². The molecule has 0 radical (unpaired) electrons. The lowest BCUT2D eigenvalue weighted by atomic mass is 10.2. The van der Waals surface area contributed by atoms with Crippen LogP contribution >= 0.6 is 0 Å². The van der Waals surface area contributed by atoms with Gasteiger partial charge < -0.3 is 15.7 Å². The van der Waals surface area contributed by atoms with Crippen LogP contribution in [-0.4, -0.2) is 36.1 Å². The van der Waals surface area contributed by atoms with Gasteiger partial charge in [0.2, 0.25) is 0 Å². The van der Waals surface area contributed by atoms with Crippen molar-refractivity contribution in [3.63, 3.8) is 0 Å². The lowest BCUT2D eigenvalue weighted by Crippen LogP contribution is -2.25. The second-order valence-corrected chi connectivity index (χ2v) is 2.93. The number of rotatable bonds is 4. The van der Waals surface area contributed by atoms with E-state index in [0.29, 0.717) is 12.1 Å². The second kappa shape index (κ2) is 4.77. The van der Waals surface area contributed by atoms with E-state index in [1.165, 1.54) is 0 Å². The molecule has 0 fully saturated rings. The molecule has 3 N–H and O–H groups in total. The summed E-state index contributed by atoms with van der Waals surface area (Å²) in [5.41, 5.74) is 5.52. The number of likely N-dealkylation sites (N-methyl/N-ethyl adjacent to an activating group) is 1. The molecular formula is C8H16N2O2. The summed E-state index contributed by atoms with van der Waals surface area (Å²) in [4.78, 5) is 12.4. The van der Waals surface area contributed by atoms with E-state index in [-0.39, 0.29) is 0 Å². The molecule has 0 aromatic heterocycles. The zero-order valence-electron chi connectivity index (χ0n) is 7.74. The summed E-state index contributed by atoms with van der Waals surface area (Å²) in [5.74, 6) is -0.472. The maximum absolute atomic E-state index is 10.8. The maximum atomic E-state index is 10.8. The first-order valence-corrected chi connectivity index (χ1v) is 3.80. The summed E-state index contributed by atoms with van der Waals surface area (Å²) < 4.78 is 0. The van der Waals surface area contributed by atoms with Crippen LogP contribution in [0.15, 0.2) is 11.8 Å². The van der Waals surface area contributed by atoms with E-state index in [9.17, 15) is 4.79 Å². The molecular weight excluding hydrogens is 156 g/mol. The van der Waals surface area contributed by atoms with Crippen molar-refractivity contribution in [2.75, 3.05) is 14.1 Å². The zero-order valence-corrected chi connectivity index (χ0v) is 7.74. The molecule has 0 heterocycles. The fourth-order valence-electron chi connectivity index (χ4n) is 0.786. The Hall–Kier alpha value is -1.03. The highest BCUT2D eigenvalue weighted by molar-refractivity contribution is 5.91. The average molecular weight is 172 g/mol. The third-order valence-corrected chi connectivity index (χ3v) is 1.39. The Bertz CT molecular complexity index is 185. The minimum absolute atomic E-state index is 0.427. The highest BCUT2D eigenvalue weighted by Crippen LogP contribution is 2.01. The van der Waals surface area contributed by atoms with Crippen molar-refractivity contribution in [3.8, 4) is 0 Å². The van der Waals surface area contributed by atoms with E-state index in [1.54, 1.807) is 32.0 Å². The lowest BCUT2D eigenvalue weighted by Gasteiger charge is -2.13. The van der Waals surface area contributed by atoms with Crippen LogP contribution in [0.3, 0.4) is 0 Å². The number of nitrogens with two attached hydrogens (primary N) is 1. The van der Waals surface area contributed by atoms with E-state index < -0.39 is 12.0 Å². The summed E-state index contributed by atoms with van der Waals surface area (Å²) in [6, 6.07) is 0. The molecule has 0 aromatic rings. The molecule has 0 rings (SSSR count). The summed E-state index contributed by atoms with van der Waals surface area (Å²) in [6.07, 6.45) is 1.63. The van der Waals surface area contributed by atoms with Crippen LogP contribution in [0.2, 0.25) is 0 Å². The Morgan fingerprint density at radius 3 is 2.42 bits per heavy atom. The number of aliphatic hydroxyl groups is 1. The summed E-state index contributed by atoms with van der Waals surface area (Å²) in [7, 11) is 3.47. The van der Waals surface area contributed by atoms with E-state index in [1.807, 2.05) is 0 Å². The van der Waals surface area contributed by atoms with Gasteiger partial charge in [-0.3, -0.25) is 4.79 Å². The van der Waals surface area contributed by atoms with E-state index >= 15 is 0 Å². The van der Waals surface area contributed by atoms with Crippen molar-refractivity contribution >= 4 is 5.91 Å². The minimum Gasteiger partial charge on any atom is -0.393 e. The molecule has 1 amide bonds. The van der Waals surface area contributed by atoms with Crippen molar-refractivity contribution in [1.82, 2.24) is 4.90 Å². The van der Waals surface area contributed by atoms with Crippen LogP contribution in [0.1, 0.15) is 13.3 Å². The SMILES string of the molecule is CC(O)C/C=C(\C(N)=O)N(C)C. The molecule has 0 aliphatic heterocycles. The van der Waals surface area contributed by atoms with Gasteiger partial charge in [-0.05, 0) is 13.3 Å². The Morgan fingerprint density at radius 1 is 1.67 bits per heavy atom. The molecule has 1 unspecified atom stereocenters. The van der Waals surface area contributed by atoms with Crippen LogP contribution < -0.4 is 5.73 Å². The van der Waals surface area contributed by atoms with Crippen molar-refractivity contribution < 1.29 is 9.90 Å². The summed E-state index contributed by atoms with van der Waals surface area (Å²) >= 11 is 0. The Balaban J connectivity index is 4.30. The topological polar surface area (TPSA) is 66.6 Å². The van der Waals surface area contributed by atoms with Crippen molar-refractivity contribution in [3.05, 3.63) is 11.8 Å². The van der Waals surface area contributed by atoms with Gasteiger partial charge in [0.05, 0.1) is 11.8 Å². The molecule has 0 spiro atoms. The normalized spacial score (nSPS) is 14.2. The van der Waals surface area contributed by atoms with Crippen LogP contribution in [0.25, 0.3) is 0 Å². The molecule has 0 aliphatic carbocycles. The van der Waals surface area contributed by atoms with Gasteiger partial charge in [0.25, 0.3) is 5.91 Å². The Morgan fingerprint density at radius 2 is 2.17 bits per heavy atom. The number of amides is 1. The number of carbonyl (C=O) groups excluding carboxylic acids is 1. The van der Waals surface area contributed by atoms with Crippen molar-refractivity contribution in [2.45, 2.75) is 19.4 Å². The van der Waals surface area contributed by atoms with Gasteiger partial charge in [0, 0.05) is 14.1 Å². The molecule has 0 aliphatic rings. The molecule has 4 heteroatoms. The molecule has 0 saturated carbocycles. The maximum Gasteiger partial charge on any atom is 0.264 e. The van der Waals surface area contributed by atoms with Crippen LogP contribution in [0, 0.1) is 0 Å². The third-order valence-electron chi connectivity index (χ3n) is 1.39. The molecule has 0 bridgehead atoms. The highest BCUT2D eigenvalue weighted by atomic mass is 16.3. The number of hydrogen-bond donors (Lipinski definition) is 2. The first kappa shape index (κ1) is 11.0. The molecule has 12 heavy (non-hydrogen) atoms. The molecule has 4 nitrogen and oxygen atoms in total. The first-order valence-electron chi connectivity index (χ1n) is 3.80. The van der Waals surface area contributed by atoms with Gasteiger partial charge in [-0.2, -0.15) is 0 Å². The van der Waals surface area contributed by atoms with Crippen LogP contribution in [-0.2, 0) is 4.79 Å². The van der Waals surface area contributed by atoms with Gasteiger partial charge in [-0.1, -0.05) is 6.08 Å². The zero-order chi connectivity index (χ0) is 9.72. The number of carbonyl (C=O) groups is 1. The monoisotopic (exact) mass is 172 g/mol. The van der Waals surface area contributed by atoms with Gasteiger partial charge in [0.1, 0.15) is 0 Å². The quantitative estimate of drug-likeness (QED) is 0.571. The van der Waals surface area contributed by atoms with E-state index in [0.717, 1.165) is 0 Å². The van der Waals surface area contributed by atoms with Crippen molar-refractivity contribution in [2.24, 2.45) is 5.73 Å². The van der Waals surface area contributed by atoms with Gasteiger partial charge in [-0.15, -0.1) is 0 Å². The van der Waals surface area contributed by atoms with Crippen LogP contribution in [0.4, 0.5) is 0 Å². The molecule has 1 atom stereocenters. The minimum atomic E-state index is -0.472. The predicted molar refractivity (Wildman–Crippen MR) is 47.3 cm³/mol. The predicted octanol–water partition coefficient (Wildman–Crippen LogP) is -0.312. The fourth-order valence-corrected chi connectivity index (χ4v) is 0.786. The molecule has 0 saturated heterocycles. The Kier molecular flexibility index (Phi) is 4.36. The molecule has 70 valence electrons. The average Bonchev–Trinajstić information content (AvgIpc) is 1.84. The number of hydrogen-bond acceptors (Lipinski definition) is 3. The summed E-state index contributed by atoms with van der Waals surface area (Å²) in [5, 5.41) is 8.95. The van der Waals surface area contributed by atoms with Gasteiger partial charge in [-0.25, -0.2) is 0 Å². The standard InChI is InChI=1S/C8H16N2O2/c1-6(11)4-5-7(8(9)12)10(2)3/h5-6,11H,4H2,1-3H3,(H2,9,12)/b7-5+. The highest BCUT2D eigenvalue weighted by Gasteiger charge is 2.06. The summed E-state index contributed by atoms with van der Waals surface area (Å²) in [6.45, 7) is 1.66. The third kappa shape index (κ3) is 3.98. The fraction of sp³-hybridized carbons (Fsp3) is 0.625. The van der Waals surface area contributed by atoms with Gasteiger partial charge >= 0.3 is 0 Å². The smallest absolute Gasteiger partial charge is 0.264 e. The number of nitrogens with zero attached hydrogens (tertiary/aromatic N) is 1. The first-order chi connectivity index (χ1) is 5.45. The lowest BCUT2D eigenvalue weighted by molar-refractivity contribution is -0.115. The van der Waals surface area contributed by atoms with E-state index in [2.05, 4.69) is 0 Å². The van der Waals surface area contributed by atoms with Gasteiger partial charge in [0.15, 0.2) is 0 Å².